The summed E-state index contributed by atoms with van der Waals surface area (Å²) in [7, 11) is 0. The molecule has 1 aliphatic carbocycles. The van der Waals surface area contributed by atoms with Crippen LogP contribution in [0.15, 0.2) is 22.6 Å². The molecule has 2 heterocycles. The summed E-state index contributed by atoms with van der Waals surface area (Å²) in [5.41, 5.74) is 1.24. The largest absolute Gasteiger partial charge is 0.486 e. The second-order valence-electron chi connectivity index (χ2n) is 5.17. The van der Waals surface area contributed by atoms with Gasteiger partial charge in [0.05, 0.1) is 5.69 Å². The van der Waals surface area contributed by atoms with Crippen LogP contribution < -0.4 is 9.47 Å². The molecule has 1 saturated carbocycles. The number of oxazole rings is 1. The molecule has 1 aliphatic heterocycles. The topological polar surface area (TPSA) is 81.8 Å². The van der Waals surface area contributed by atoms with Crippen LogP contribution in [0.4, 0.5) is 0 Å². The van der Waals surface area contributed by atoms with Crippen molar-refractivity contribution in [2.75, 3.05) is 13.2 Å². The lowest BCUT2D eigenvalue weighted by Gasteiger charge is -2.18. The van der Waals surface area contributed by atoms with Gasteiger partial charge in [-0.1, -0.05) is 0 Å². The van der Waals surface area contributed by atoms with E-state index < -0.39 is 5.97 Å². The Hall–Kier alpha value is -2.50. The summed E-state index contributed by atoms with van der Waals surface area (Å²) in [5, 5.41) is 9.22. The molecular weight excluding hydrogens is 274 g/mol. The van der Waals surface area contributed by atoms with E-state index in [1.54, 1.807) is 18.2 Å². The lowest BCUT2D eigenvalue weighted by Crippen LogP contribution is -2.15. The van der Waals surface area contributed by atoms with Crippen LogP contribution in [-0.4, -0.2) is 29.3 Å². The van der Waals surface area contributed by atoms with Crippen molar-refractivity contribution in [3.8, 4) is 23.0 Å². The predicted octanol–water partition coefficient (Wildman–Crippen LogP) is 2.69. The van der Waals surface area contributed by atoms with Gasteiger partial charge in [0.25, 0.3) is 0 Å². The Morgan fingerprint density at radius 3 is 2.67 bits per heavy atom. The van der Waals surface area contributed by atoms with Crippen LogP contribution in [0.25, 0.3) is 11.5 Å². The summed E-state index contributed by atoms with van der Waals surface area (Å²) in [4.78, 5) is 15.6. The highest BCUT2D eigenvalue weighted by molar-refractivity contribution is 5.86. The molecule has 108 valence electrons. The third-order valence-electron chi connectivity index (χ3n) is 3.60. The first-order valence-electron chi connectivity index (χ1n) is 6.86. The molecule has 2 aromatic rings. The third kappa shape index (κ3) is 2.12. The van der Waals surface area contributed by atoms with E-state index >= 15 is 0 Å². The molecule has 0 bridgehead atoms. The van der Waals surface area contributed by atoms with Crippen molar-refractivity contribution in [1.29, 1.82) is 0 Å². The normalized spacial score (nSPS) is 16.8. The van der Waals surface area contributed by atoms with Gasteiger partial charge in [-0.05, 0) is 31.0 Å². The molecule has 0 amide bonds. The van der Waals surface area contributed by atoms with Crippen LogP contribution in [-0.2, 0) is 0 Å². The summed E-state index contributed by atoms with van der Waals surface area (Å²) in [6.07, 6.45) is 1.93. The summed E-state index contributed by atoms with van der Waals surface area (Å²) < 4.78 is 16.4. The van der Waals surface area contributed by atoms with Gasteiger partial charge in [0.1, 0.15) is 13.2 Å². The van der Waals surface area contributed by atoms with Crippen molar-refractivity contribution in [3.05, 3.63) is 29.7 Å². The smallest absolute Gasteiger partial charge is 0.373 e. The molecule has 0 unspecified atom stereocenters. The number of fused-ring (bicyclic) bond motifs is 1. The van der Waals surface area contributed by atoms with Crippen LogP contribution in [0, 0.1) is 0 Å². The van der Waals surface area contributed by atoms with Crippen molar-refractivity contribution in [2.24, 2.45) is 0 Å². The Kier molecular flexibility index (Phi) is 2.63. The van der Waals surface area contributed by atoms with E-state index in [2.05, 4.69) is 4.98 Å². The van der Waals surface area contributed by atoms with Gasteiger partial charge in [0, 0.05) is 11.5 Å². The molecular formula is C15H13NO5. The zero-order valence-electron chi connectivity index (χ0n) is 11.2. The predicted molar refractivity (Wildman–Crippen MR) is 71.9 cm³/mol. The van der Waals surface area contributed by atoms with Crippen molar-refractivity contribution in [2.45, 2.75) is 18.8 Å². The van der Waals surface area contributed by atoms with E-state index in [1.807, 2.05) is 0 Å². The first-order chi connectivity index (χ1) is 10.2. The van der Waals surface area contributed by atoms with Crippen LogP contribution in [0.5, 0.6) is 11.5 Å². The molecule has 0 spiro atoms. The molecule has 1 aromatic heterocycles. The summed E-state index contributed by atoms with van der Waals surface area (Å²) in [5.74, 6) is 0.701. The monoisotopic (exact) mass is 287 g/mol. The lowest BCUT2D eigenvalue weighted by molar-refractivity contribution is 0.0661. The molecule has 0 radical (unpaired) electrons. The van der Waals surface area contributed by atoms with Gasteiger partial charge < -0.3 is 19.0 Å². The number of benzene rings is 1. The summed E-state index contributed by atoms with van der Waals surface area (Å²) in [6, 6.07) is 5.34. The van der Waals surface area contributed by atoms with E-state index in [4.69, 9.17) is 13.9 Å². The van der Waals surface area contributed by atoms with E-state index in [0.29, 0.717) is 41.9 Å². The van der Waals surface area contributed by atoms with Gasteiger partial charge in [0.15, 0.2) is 11.5 Å². The van der Waals surface area contributed by atoms with Crippen molar-refractivity contribution < 1.29 is 23.8 Å². The number of aromatic nitrogens is 1. The van der Waals surface area contributed by atoms with Gasteiger partial charge in [-0.3, -0.25) is 0 Å². The molecule has 1 N–H and O–H groups in total. The fraction of sp³-hybridized carbons (Fsp3) is 0.333. The average molecular weight is 287 g/mol. The number of carbonyl (C=O) groups is 1. The minimum absolute atomic E-state index is 0.0533. The Balaban J connectivity index is 1.76. The van der Waals surface area contributed by atoms with E-state index in [0.717, 1.165) is 12.8 Å². The molecule has 4 rings (SSSR count). The number of rotatable bonds is 3. The van der Waals surface area contributed by atoms with E-state index in [-0.39, 0.29) is 11.7 Å². The van der Waals surface area contributed by atoms with E-state index in [1.165, 1.54) is 0 Å². The number of carboxylic acids is 1. The minimum Gasteiger partial charge on any atom is -0.486 e. The molecule has 1 fully saturated rings. The van der Waals surface area contributed by atoms with Gasteiger partial charge in [-0.25, -0.2) is 9.78 Å². The van der Waals surface area contributed by atoms with E-state index in [9.17, 15) is 9.90 Å². The van der Waals surface area contributed by atoms with Crippen molar-refractivity contribution in [3.63, 3.8) is 0 Å². The Bertz CT molecular complexity index is 717. The van der Waals surface area contributed by atoms with Gasteiger partial charge >= 0.3 is 5.97 Å². The highest BCUT2D eigenvalue weighted by Gasteiger charge is 2.33. The van der Waals surface area contributed by atoms with Crippen LogP contribution >= 0.6 is 0 Å². The number of aromatic carboxylic acids is 1. The van der Waals surface area contributed by atoms with Crippen LogP contribution in [0.2, 0.25) is 0 Å². The second kappa shape index (κ2) is 4.51. The number of ether oxygens (including phenoxy) is 2. The Morgan fingerprint density at radius 2 is 1.95 bits per heavy atom. The number of hydrogen-bond donors (Lipinski definition) is 1. The highest BCUT2D eigenvalue weighted by Crippen LogP contribution is 2.43. The fourth-order valence-electron chi connectivity index (χ4n) is 2.42. The standard InChI is InChI=1S/C15H13NO5/c17-15(18)13-12(8-1-2-8)16-14(21-13)9-3-4-10-11(7-9)20-6-5-19-10/h3-4,7-8H,1-2,5-6H2,(H,17,18). The summed E-state index contributed by atoms with van der Waals surface area (Å²) >= 11 is 0. The van der Waals surface area contributed by atoms with Crippen molar-refractivity contribution >= 4 is 5.97 Å². The van der Waals surface area contributed by atoms with Gasteiger partial charge in [-0.2, -0.15) is 0 Å². The fourth-order valence-corrected chi connectivity index (χ4v) is 2.42. The average Bonchev–Trinajstić information content (AvgIpc) is 3.25. The highest BCUT2D eigenvalue weighted by atomic mass is 16.6. The van der Waals surface area contributed by atoms with Gasteiger partial charge in [-0.15, -0.1) is 0 Å². The van der Waals surface area contributed by atoms with Crippen LogP contribution in [0.3, 0.4) is 0 Å². The maximum atomic E-state index is 11.3. The Labute approximate surface area is 120 Å². The molecule has 21 heavy (non-hydrogen) atoms. The summed E-state index contributed by atoms with van der Waals surface area (Å²) in [6.45, 7) is 1.02. The molecule has 0 atom stereocenters. The third-order valence-corrected chi connectivity index (χ3v) is 3.60. The minimum atomic E-state index is -1.08. The second-order valence-corrected chi connectivity index (χ2v) is 5.17. The zero-order chi connectivity index (χ0) is 14.4. The first-order valence-corrected chi connectivity index (χ1v) is 6.86. The molecule has 0 saturated heterocycles. The molecule has 6 nitrogen and oxygen atoms in total. The Morgan fingerprint density at radius 1 is 1.19 bits per heavy atom. The quantitative estimate of drug-likeness (QED) is 0.934. The first kappa shape index (κ1) is 12.3. The lowest BCUT2D eigenvalue weighted by atomic mass is 10.2. The zero-order valence-corrected chi connectivity index (χ0v) is 11.2. The maximum absolute atomic E-state index is 11.3. The van der Waals surface area contributed by atoms with Crippen molar-refractivity contribution in [1.82, 2.24) is 4.98 Å². The number of carboxylic acid groups (broad SMARTS) is 1. The van der Waals surface area contributed by atoms with Crippen LogP contribution in [0.1, 0.15) is 35.0 Å². The number of nitrogens with zero attached hydrogens (tertiary/aromatic N) is 1. The molecule has 2 aliphatic rings. The maximum Gasteiger partial charge on any atom is 0.373 e. The van der Waals surface area contributed by atoms with Gasteiger partial charge in [0.2, 0.25) is 11.7 Å². The molecule has 6 heteroatoms. The molecule has 1 aromatic carbocycles. The SMILES string of the molecule is O=C(O)c1oc(-c2ccc3c(c2)OCCO3)nc1C1CC1. The number of hydrogen-bond acceptors (Lipinski definition) is 5.